The second kappa shape index (κ2) is 11.9. The third-order valence-corrected chi connectivity index (χ3v) is 6.12. The number of carboxylic acids is 1. The number of hydrogen-bond donors (Lipinski definition) is 4. The van der Waals surface area contributed by atoms with E-state index in [1.54, 1.807) is 13.8 Å². The Morgan fingerprint density at radius 3 is 2.42 bits per heavy atom. The average Bonchev–Trinajstić information content (AvgIpc) is 3.48. The summed E-state index contributed by atoms with van der Waals surface area (Å²) in [7, 11) is 0. The van der Waals surface area contributed by atoms with Gasteiger partial charge in [0.2, 0.25) is 5.82 Å². The maximum absolute atomic E-state index is 13.3. The van der Waals surface area contributed by atoms with Gasteiger partial charge in [-0.15, -0.1) is 10.2 Å². The number of hydrogen-bond acceptors (Lipinski definition) is 9. The molecule has 0 fully saturated rings. The lowest BCUT2D eigenvalue weighted by molar-refractivity contribution is -0.207. The van der Waals surface area contributed by atoms with Crippen LogP contribution in [0.5, 0.6) is 0 Å². The summed E-state index contributed by atoms with van der Waals surface area (Å²) in [6, 6.07) is 6.91. The number of alkyl halides is 3. The number of nitrogens with zero attached hydrogens (tertiary/aromatic N) is 7. The molecule has 0 saturated carbocycles. The summed E-state index contributed by atoms with van der Waals surface area (Å²) in [4.78, 5) is 46.3. The number of aliphatic hydroxyl groups is 1. The van der Waals surface area contributed by atoms with Gasteiger partial charge in [-0.2, -0.15) is 13.2 Å². The van der Waals surface area contributed by atoms with Crippen LogP contribution in [0.2, 0.25) is 5.02 Å². The minimum absolute atomic E-state index is 0.00268. The lowest BCUT2D eigenvalue weighted by atomic mass is 10.1. The highest BCUT2D eigenvalue weighted by molar-refractivity contribution is 6.30. The quantitative estimate of drug-likeness (QED) is 0.201. The van der Waals surface area contributed by atoms with Crippen LogP contribution in [0.1, 0.15) is 40.6 Å². The summed E-state index contributed by atoms with van der Waals surface area (Å²) in [6.45, 7) is 1.60. The van der Waals surface area contributed by atoms with Gasteiger partial charge in [0.15, 0.2) is 17.8 Å². The average molecular weight is 624 g/mol. The maximum atomic E-state index is 13.3. The molecule has 4 aromatic rings. The number of carbonyl (C=O) groups is 2. The molecule has 1 aromatic carbocycles. The van der Waals surface area contributed by atoms with Gasteiger partial charge >= 0.3 is 17.8 Å². The number of benzene rings is 1. The van der Waals surface area contributed by atoms with Gasteiger partial charge in [0.05, 0.1) is 18.3 Å². The Balaban J connectivity index is 1.81. The van der Waals surface area contributed by atoms with Crippen LogP contribution in [-0.4, -0.2) is 80.5 Å². The summed E-state index contributed by atoms with van der Waals surface area (Å²) in [5, 5.41) is 30.6. The van der Waals surface area contributed by atoms with Gasteiger partial charge in [-0.3, -0.25) is 14.3 Å². The maximum Gasteiger partial charge on any atom is 0.416 e. The number of aromatic nitrogens is 7. The Labute approximate surface area is 245 Å². The molecule has 1 amide bonds. The molecule has 0 saturated heterocycles. The highest BCUT2D eigenvalue weighted by Gasteiger charge is 2.39. The number of rotatable bonds is 10. The predicted octanol–water partition coefficient (Wildman–Crippen LogP) is 1.48. The highest BCUT2D eigenvalue weighted by atomic mass is 35.5. The third kappa shape index (κ3) is 7.25. The monoisotopic (exact) mass is 623 g/mol. The Bertz CT molecular complexity index is 1710. The number of pyridine rings is 1. The fraction of sp³-hybridized carbons (Fsp3) is 0.320. The van der Waals surface area contributed by atoms with E-state index in [1.165, 1.54) is 36.5 Å². The van der Waals surface area contributed by atoms with Crippen LogP contribution in [-0.2, 0) is 13.1 Å². The zero-order valence-electron chi connectivity index (χ0n) is 22.6. The van der Waals surface area contributed by atoms with Crippen molar-refractivity contribution < 1.29 is 33.0 Å². The SMILES string of the molecule is CC(C)(N)CNC(=O)c1nc(Cn2nc(-c3ccc(Cl)cc3)n(CC(O)C(F)(F)F)c2=O)nn1-c1cnccc1C(=O)O. The van der Waals surface area contributed by atoms with Crippen molar-refractivity contribution in [2.24, 2.45) is 5.73 Å². The first-order valence-electron chi connectivity index (χ1n) is 12.4. The molecule has 1 unspecified atom stereocenters. The van der Waals surface area contributed by atoms with Crippen LogP contribution in [0.15, 0.2) is 47.5 Å². The topological polar surface area (TPSA) is 196 Å². The first-order chi connectivity index (χ1) is 20.0. The predicted molar refractivity (Wildman–Crippen MR) is 145 cm³/mol. The molecule has 0 bridgehead atoms. The molecular weight excluding hydrogens is 599 g/mol. The molecule has 14 nitrogen and oxygen atoms in total. The Hall–Kier alpha value is -4.61. The van der Waals surface area contributed by atoms with Gasteiger partial charge < -0.3 is 21.3 Å². The molecule has 0 radical (unpaired) electrons. The van der Waals surface area contributed by atoms with Crippen LogP contribution >= 0.6 is 11.6 Å². The molecule has 0 spiro atoms. The number of nitrogens with two attached hydrogens (primary N) is 1. The number of carboxylic acid groups (broad SMARTS) is 1. The fourth-order valence-electron chi connectivity index (χ4n) is 3.79. The van der Waals surface area contributed by atoms with Gasteiger partial charge in [0.25, 0.3) is 5.91 Å². The number of aliphatic hydroxyl groups excluding tert-OH is 1. The Morgan fingerprint density at radius 2 is 1.81 bits per heavy atom. The third-order valence-electron chi connectivity index (χ3n) is 5.87. The van der Waals surface area contributed by atoms with Crippen molar-refractivity contribution in [3.8, 4) is 17.1 Å². The molecule has 18 heteroatoms. The van der Waals surface area contributed by atoms with Crippen molar-refractivity contribution in [3.63, 3.8) is 0 Å². The highest BCUT2D eigenvalue weighted by Crippen LogP contribution is 2.24. The van der Waals surface area contributed by atoms with Crippen molar-refractivity contribution in [2.75, 3.05) is 6.54 Å². The zero-order chi connectivity index (χ0) is 31.7. The van der Waals surface area contributed by atoms with Crippen molar-refractivity contribution in [1.82, 2.24) is 39.4 Å². The molecule has 3 heterocycles. The Morgan fingerprint density at radius 1 is 1.14 bits per heavy atom. The van der Waals surface area contributed by atoms with E-state index in [0.717, 1.165) is 15.6 Å². The summed E-state index contributed by atoms with van der Waals surface area (Å²) in [6.07, 6.45) is -5.54. The van der Waals surface area contributed by atoms with Gasteiger partial charge in [0.1, 0.15) is 12.2 Å². The molecule has 3 aromatic heterocycles. The normalized spacial score (nSPS) is 12.7. The van der Waals surface area contributed by atoms with E-state index in [2.05, 4.69) is 25.5 Å². The van der Waals surface area contributed by atoms with E-state index in [9.17, 15) is 37.8 Å². The molecule has 4 rings (SSSR count). The van der Waals surface area contributed by atoms with Crippen LogP contribution in [0, 0.1) is 0 Å². The second-order valence-corrected chi connectivity index (χ2v) is 10.5. The van der Waals surface area contributed by atoms with Gasteiger partial charge in [-0.25, -0.2) is 23.9 Å². The van der Waals surface area contributed by atoms with Crippen LogP contribution in [0.3, 0.4) is 0 Å². The van der Waals surface area contributed by atoms with Crippen molar-refractivity contribution in [2.45, 2.75) is 44.8 Å². The fourth-order valence-corrected chi connectivity index (χ4v) is 3.92. The molecule has 0 aliphatic heterocycles. The largest absolute Gasteiger partial charge is 0.478 e. The van der Waals surface area contributed by atoms with E-state index < -0.39 is 48.5 Å². The van der Waals surface area contributed by atoms with E-state index >= 15 is 0 Å². The molecule has 228 valence electrons. The summed E-state index contributed by atoms with van der Waals surface area (Å²) >= 11 is 5.92. The van der Waals surface area contributed by atoms with Crippen molar-refractivity contribution in [3.05, 3.63) is 75.4 Å². The summed E-state index contributed by atoms with van der Waals surface area (Å²) in [5.41, 5.74) is 3.90. The van der Waals surface area contributed by atoms with Crippen LogP contribution in [0.4, 0.5) is 13.2 Å². The molecule has 43 heavy (non-hydrogen) atoms. The second-order valence-electron chi connectivity index (χ2n) is 10.1. The number of halogens is 4. The minimum atomic E-state index is -5.02. The van der Waals surface area contributed by atoms with Gasteiger partial charge in [-0.1, -0.05) is 11.6 Å². The van der Waals surface area contributed by atoms with Crippen molar-refractivity contribution in [1.29, 1.82) is 0 Å². The first-order valence-corrected chi connectivity index (χ1v) is 12.8. The molecule has 0 aliphatic rings. The van der Waals surface area contributed by atoms with Crippen molar-refractivity contribution >= 4 is 23.5 Å². The number of carbonyl (C=O) groups excluding carboxylic acids is 1. The number of aromatic carboxylic acids is 1. The summed E-state index contributed by atoms with van der Waals surface area (Å²) < 4.78 is 41.9. The molecule has 1 atom stereocenters. The minimum Gasteiger partial charge on any atom is -0.478 e. The first kappa shape index (κ1) is 31.3. The number of nitrogens with one attached hydrogen (secondary N) is 1. The Kier molecular flexibility index (Phi) is 8.70. The van der Waals surface area contributed by atoms with Crippen LogP contribution in [0.25, 0.3) is 17.1 Å². The van der Waals surface area contributed by atoms with E-state index in [4.69, 9.17) is 17.3 Å². The number of amides is 1. The lowest BCUT2D eigenvalue weighted by Gasteiger charge is -2.18. The van der Waals surface area contributed by atoms with Gasteiger partial charge in [-0.05, 0) is 44.2 Å². The van der Waals surface area contributed by atoms with Gasteiger partial charge in [0, 0.05) is 28.9 Å². The molecule has 5 N–H and O–H groups in total. The summed E-state index contributed by atoms with van der Waals surface area (Å²) in [5.74, 6) is -2.95. The molecular formula is C25H25ClF3N9O5. The van der Waals surface area contributed by atoms with E-state index in [-0.39, 0.29) is 40.8 Å². The van der Waals surface area contributed by atoms with E-state index in [0.29, 0.717) is 9.59 Å². The van der Waals surface area contributed by atoms with E-state index in [1.807, 2.05) is 0 Å². The van der Waals surface area contributed by atoms with Crippen LogP contribution < -0.4 is 16.7 Å². The smallest absolute Gasteiger partial charge is 0.416 e. The zero-order valence-corrected chi connectivity index (χ0v) is 23.3. The standard InChI is InChI=1S/C25H25ClF3N9O5/c1-24(2,30)12-32-21(40)20-33-18(34-38(20)16-9-31-8-7-15(16)22(41)42)11-37-23(43)36(10-17(39)25(27,28)29)19(35-37)13-3-5-14(26)6-4-13/h3-9,17,39H,10-12,30H2,1-2H3,(H,32,40)(H,41,42). The molecule has 0 aliphatic carbocycles. The lowest BCUT2D eigenvalue weighted by Crippen LogP contribution is -2.45.